The minimum Gasteiger partial charge on any atom is -0.309 e. The van der Waals surface area contributed by atoms with E-state index < -0.39 is 0 Å². The number of rotatable bonds is 8. The molecule has 0 unspecified atom stereocenters. The number of amides is 1. The van der Waals surface area contributed by atoms with Gasteiger partial charge in [0.15, 0.2) is 11.0 Å². The maximum absolute atomic E-state index is 13.1. The molecule has 9 heteroatoms. The highest BCUT2D eigenvalue weighted by molar-refractivity contribution is 7.99. The Morgan fingerprint density at radius 2 is 1.88 bits per heavy atom. The van der Waals surface area contributed by atoms with Crippen molar-refractivity contribution in [1.82, 2.24) is 19.3 Å². The third kappa shape index (κ3) is 5.02. The van der Waals surface area contributed by atoms with E-state index in [1.54, 1.807) is 16.7 Å². The maximum atomic E-state index is 13.1. The van der Waals surface area contributed by atoms with Gasteiger partial charge in [0, 0.05) is 6.54 Å². The van der Waals surface area contributed by atoms with Crippen molar-refractivity contribution < 1.29 is 4.79 Å². The number of nitrogens with zero attached hydrogens (tertiary/aromatic N) is 5. The normalized spacial score (nSPS) is 11.0. The van der Waals surface area contributed by atoms with Crippen LogP contribution >= 0.6 is 11.8 Å². The summed E-state index contributed by atoms with van der Waals surface area (Å²) in [5.41, 5.74) is 1.48. The molecule has 0 aliphatic carbocycles. The summed E-state index contributed by atoms with van der Waals surface area (Å²) < 4.78 is 3.17. The first-order valence-electron chi connectivity index (χ1n) is 10.9. The Hall–Kier alpha value is -3.90. The van der Waals surface area contributed by atoms with E-state index in [4.69, 9.17) is 0 Å². The number of carbonyl (C=O) groups is 1. The minimum absolute atomic E-state index is 0.0251. The number of fused-ring (bicyclic) bond motifs is 1. The van der Waals surface area contributed by atoms with Crippen molar-refractivity contribution in [3.8, 4) is 11.8 Å². The first-order chi connectivity index (χ1) is 16.5. The number of aromatic nitrogens is 4. The third-order valence-corrected chi connectivity index (χ3v) is 6.21. The van der Waals surface area contributed by atoms with E-state index in [0.717, 1.165) is 12.1 Å². The molecular formula is C25H24N6O2S. The van der Waals surface area contributed by atoms with Gasteiger partial charge in [-0.25, -0.2) is 9.67 Å². The van der Waals surface area contributed by atoms with Crippen molar-refractivity contribution in [2.75, 3.05) is 11.1 Å². The van der Waals surface area contributed by atoms with E-state index in [0.29, 0.717) is 34.3 Å². The second kappa shape index (κ2) is 10.4. The van der Waals surface area contributed by atoms with E-state index in [1.165, 1.54) is 22.6 Å². The Balaban J connectivity index is 1.58. The number of hydrogen-bond acceptors (Lipinski definition) is 6. The molecule has 2 aromatic heterocycles. The maximum Gasteiger partial charge on any atom is 0.262 e. The number of carbonyl (C=O) groups excluding carboxylic acids is 1. The Labute approximate surface area is 201 Å². The molecule has 34 heavy (non-hydrogen) atoms. The zero-order valence-electron chi connectivity index (χ0n) is 18.9. The lowest BCUT2D eigenvalue weighted by molar-refractivity contribution is -0.113. The number of thioether (sulfide) groups is 1. The molecule has 4 rings (SSSR count). The Morgan fingerprint density at radius 3 is 2.62 bits per heavy atom. The molecule has 0 atom stereocenters. The number of benzene rings is 2. The van der Waals surface area contributed by atoms with Crippen LogP contribution in [0.1, 0.15) is 25.8 Å². The standard InChI is InChI=1S/C25H24N6O2S/c1-17(2)12-13-30-24(33)20-10-6-7-11-21(20)28-25(30)34-16-22(32)29-23-18(14-26)15-27-31(23)19-8-4-3-5-9-19/h3-11,15,17H,12-13,16H2,1-2H3,(H,29,32). The summed E-state index contributed by atoms with van der Waals surface area (Å²) >= 11 is 1.20. The van der Waals surface area contributed by atoms with Crippen LogP contribution in [-0.2, 0) is 11.3 Å². The molecule has 0 bridgehead atoms. The molecule has 0 saturated carbocycles. The predicted octanol–water partition coefficient (Wildman–Crippen LogP) is 4.23. The van der Waals surface area contributed by atoms with Gasteiger partial charge in [0.1, 0.15) is 11.6 Å². The first-order valence-corrected chi connectivity index (χ1v) is 11.9. The Morgan fingerprint density at radius 1 is 1.15 bits per heavy atom. The molecular weight excluding hydrogens is 448 g/mol. The lowest BCUT2D eigenvalue weighted by Crippen LogP contribution is -2.25. The summed E-state index contributed by atoms with van der Waals surface area (Å²) in [5.74, 6) is 0.430. The topological polar surface area (TPSA) is 106 Å². The van der Waals surface area contributed by atoms with Crippen LogP contribution in [0.4, 0.5) is 5.82 Å². The van der Waals surface area contributed by atoms with Crippen LogP contribution in [0.25, 0.3) is 16.6 Å². The highest BCUT2D eigenvalue weighted by atomic mass is 32.2. The fourth-order valence-corrected chi connectivity index (χ4v) is 4.28. The number of hydrogen-bond donors (Lipinski definition) is 1. The van der Waals surface area contributed by atoms with Gasteiger partial charge in [0.05, 0.1) is 28.5 Å². The summed E-state index contributed by atoms with van der Waals surface area (Å²) in [7, 11) is 0. The molecule has 8 nitrogen and oxygen atoms in total. The van der Waals surface area contributed by atoms with Crippen molar-refractivity contribution in [3.05, 3.63) is 76.7 Å². The van der Waals surface area contributed by atoms with Gasteiger partial charge < -0.3 is 5.32 Å². The van der Waals surface area contributed by atoms with E-state index in [-0.39, 0.29) is 22.8 Å². The van der Waals surface area contributed by atoms with Gasteiger partial charge in [-0.15, -0.1) is 0 Å². The quantitative estimate of drug-likeness (QED) is 0.304. The van der Waals surface area contributed by atoms with Crippen molar-refractivity contribution >= 4 is 34.4 Å². The summed E-state index contributed by atoms with van der Waals surface area (Å²) in [6.07, 6.45) is 2.24. The Kier molecular flexibility index (Phi) is 7.09. The van der Waals surface area contributed by atoms with Crippen molar-refractivity contribution in [2.45, 2.75) is 32.0 Å². The molecule has 1 N–H and O–H groups in total. The minimum atomic E-state index is -0.322. The first kappa shape index (κ1) is 23.3. The molecule has 0 fully saturated rings. The third-order valence-electron chi connectivity index (χ3n) is 5.24. The van der Waals surface area contributed by atoms with Crippen LogP contribution in [0.3, 0.4) is 0 Å². The number of nitriles is 1. The molecule has 0 spiro atoms. The lowest BCUT2D eigenvalue weighted by atomic mass is 10.1. The second-order valence-corrected chi connectivity index (χ2v) is 9.10. The van der Waals surface area contributed by atoms with Gasteiger partial charge in [-0.3, -0.25) is 14.2 Å². The monoisotopic (exact) mass is 472 g/mol. The average molecular weight is 473 g/mol. The van der Waals surface area contributed by atoms with Crippen molar-refractivity contribution in [3.63, 3.8) is 0 Å². The molecule has 0 radical (unpaired) electrons. The average Bonchev–Trinajstić information content (AvgIpc) is 3.25. The Bertz CT molecular complexity index is 1420. The largest absolute Gasteiger partial charge is 0.309 e. The molecule has 2 heterocycles. The molecule has 0 aliphatic rings. The fraction of sp³-hybridized carbons (Fsp3) is 0.240. The highest BCUT2D eigenvalue weighted by Crippen LogP contribution is 2.22. The number of anilines is 1. The molecule has 172 valence electrons. The van der Waals surface area contributed by atoms with E-state index in [2.05, 4.69) is 35.3 Å². The molecule has 0 saturated heterocycles. The van der Waals surface area contributed by atoms with Gasteiger partial charge in [-0.2, -0.15) is 10.4 Å². The number of nitrogens with one attached hydrogen (secondary N) is 1. The SMILES string of the molecule is CC(C)CCn1c(SCC(=O)Nc2c(C#N)cnn2-c2ccccc2)nc2ccccc2c1=O. The lowest BCUT2D eigenvalue weighted by Gasteiger charge is -2.14. The van der Waals surface area contributed by atoms with Crippen molar-refractivity contribution in [2.24, 2.45) is 5.92 Å². The molecule has 0 aliphatic heterocycles. The summed E-state index contributed by atoms with van der Waals surface area (Å²) in [4.78, 5) is 30.6. The van der Waals surface area contributed by atoms with Gasteiger partial charge in [0.2, 0.25) is 5.91 Å². The smallest absolute Gasteiger partial charge is 0.262 e. The fourth-order valence-electron chi connectivity index (χ4n) is 3.46. The van der Waals surface area contributed by atoms with Crippen LogP contribution in [0.2, 0.25) is 0 Å². The van der Waals surface area contributed by atoms with E-state index >= 15 is 0 Å². The highest BCUT2D eigenvalue weighted by Gasteiger charge is 2.17. The zero-order valence-corrected chi connectivity index (χ0v) is 19.7. The van der Waals surface area contributed by atoms with Crippen molar-refractivity contribution in [1.29, 1.82) is 5.26 Å². The zero-order chi connectivity index (χ0) is 24.1. The van der Waals surface area contributed by atoms with Crippen LogP contribution in [-0.4, -0.2) is 31.0 Å². The van der Waals surface area contributed by atoms with Crippen LogP contribution < -0.4 is 10.9 Å². The summed E-state index contributed by atoms with van der Waals surface area (Å²) in [5, 5.41) is 17.6. The van der Waals surface area contributed by atoms with Crippen LogP contribution in [0, 0.1) is 17.2 Å². The molecule has 2 aromatic carbocycles. The molecule has 4 aromatic rings. The summed E-state index contributed by atoms with van der Waals surface area (Å²) in [6, 6.07) is 18.6. The van der Waals surface area contributed by atoms with Crippen LogP contribution in [0.5, 0.6) is 0 Å². The van der Waals surface area contributed by atoms with E-state index in [1.807, 2.05) is 42.5 Å². The predicted molar refractivity (Wildman–Crippen MR) is 133 cm³/mol. The van der Waals surface area contributed by atoms with Gasteiger partial charge >= 0.3 is 0 Å². The van der Waals surface area contributed by atoms with Gasteiger partial charge in [-0.05, 0) is 36.6 Å². The van der Waals surface area contributed by atoms with Gasteiger partial charge in [0.25, 0.3) is 5.56 Å². The number of para-hydroxylation sites is 2. The molecule has 1 amide bonds. The van der Waals surface area contributed by atoms with Gasteiger partial charge in [-0.1, -0.05) is 55.9 Å². The van der Waals surface area contributed by atoms with Crippen LogP contribution in [0.15, 0.2) is 70.7 Å². The van der Waals surface area contributed by atoms with E-state index in [9.17, 15) is 14.9 Å². The summed E-state index contributed by atoms with van der Waals surface area (Å²) in [6.45, 7) is 4.72. The second-order valence-electron chi connectivity index (χ2n) is 8.15.